The summed E-state index contributed by atoms with van der Waals surface area (Å²) in [4.78, 5) is 19.1. The lowest BCUT2D eigenvalue weighted by atomic mass is 10.3. The second-order valence-electron chi connectivity index (χ2n) is 6.76. The third-order valence-corrected chi connectivity index (χ3v) is 6.19. The first kappa shape index (κ1) is 19.4. The van der Waals surface area contributed by atoms with Crippen LogP contribution in [-0.2, 0) is 10.0 Å². The fourth-order valence-corrected chi connectivity index (χ4v) is 4.23. The van der Waals surface area contributed by atoms with Crippen LogP contribution >= 0.6 is 0 Å². The van der Waals surface area contributed by atoms with Gasteiger partial charge in [0.1, 0.15) is 10.6 Å². The Kier molecular flexibility index (Phi) is 6.18. The van der Waals surface area contributed by atoms with Crippen LogP contribution in [0.3, 0.4) is 0 Å². The van der Waals surface area contributed by atoms with Crippen molar-refractivity contribution in [3.63, 3.8) is 0 Å². The smallest absolute Gasteiger partial charge is 0.270 e. The predicted octanol–water partition coefficient (Wildman–Crippen LogP) is 2.06. The van der Waals surface area contributed by atoms with E-state index in [0.29, 0.717) is 18.7 Å². The molecule has 27 heavy (non-hydrogen) atoms. The highest BCUT2D eigenvalue weighted by Gasteiger charge is 2.23. The average molecular weight is 391 g/mol. The zero-order valence-corrected chi connectivity index (χ0v) is 16.3. The van der Waals surface area contributed by atoms with E-state index in [1.807, 2.05) is 37.4 Å². The van der Waals surface area contributed by atoms with Crippen LogP contribution in [0.4, 0.5) is 5.69 Å². The van der Waals surface area contributed by atoms with Crippen molar-refractivity contribution in [2.75, 3.05) is 38.1 Å². The Morgan fingerprint density at radius 1 is 1.22 bits per heavy atom. The number of sulfonamides is 1. The number of nitrogens with zero attached hydrogens (tertiary/aromatic N) is 2. The summed E-state index contributed by atoms with van der Waals surface area (Å²) in [6, 6.07) is 11.4. The minimum absolute atomic E-state index is 0.0986. The van der Waals surface area contributed by atoms with Crippen LogP contribution in [0.5, 0.6) is 0 Å². The highest BCUT2D eigenvalue weighted by molar-refractivity contribution is 7.89. The molecule has 0 atom stereocenters. The first-order valence-corrected chi connectivity index (χ1v) is 10.7. The van der Waals surface area contributed by atoms with Crippen LogP contribution in [0.2, 0.25) is 0 Å². The summed E-state index contributed by atoms with van der Waals surface area (Å²) in [5.74, 6) is -0.140. The standard InChI is InChI=1S/C19H26N4O3S/c1-22(16-8-3-2-4-9-16)11-7-10-21-27(25,26)17-14-18(20-15-17)19(24)23-12-5-6-13-23/h2-4,8-9,14-15,20-21H,5-7,10-13H2,1H3. The molecule has 1 aromatic heterocycles. The molecule has 1 amide bonds. The molecule has 0 aliphatic carbocycles. The number of likely N-dealkylation sites (tertiary alicyclic amines) is 1. The van der Waals surface area contributed by atoms with E-state index in [1.165, 1.54) is 12.3 Å². The van der Waals surface area contributed by atoms with Crippen molar-refractivity contribution in [2.45, 2.75) is 24.2 Å². The molecule has 2 heterocycles. The Hall–Kier alpha value is -2.32. The van der Waals surface area contributed by atoms with Gasteiger partial charge in [-0.2, -0.15) is 0 Å². The van der Waals surface area contributed by atoms with Gasteiger partial charge < -0.3 is 14.8 Å². The van der Waals surface area contributed by atoms with E-state index in [1.54, 1.807) is 4.90 Å². The Bertz CT molecular complexity index is 858. The third-order valence-electron chi connectivity index (χ3n) is 4.75. The first-order valence-electron chi connectivity index (χ1n) is 9.21. The van der Waals surface area contributed by atoms with E-state index in [0.717, 1.165) is 38.2 Å². The lowest BCUT2D eigenvalue weighted by Crippen LogP contribution is -2.28. The molecule has 1 aliphatic rings. The molecule has 0 spiro atoms. The molecule has 0 radical (unpaired) electrons. The van der Waals surface area contributed by atoms with Crippen LogP contribution in [-0.4, -0.2) is 57.4 Å². The molecule has 0 saturated carbocycles. The maximum Gasteiger partial charge on any atom is 0.270 e. The van der Waals surface area contributed by atoms with E-state index in [-0.39, 0.29) is 10.8 Å². The lowest BCUT2D eigenvalue weighted by Gasteiger charge is -2.19. The SMILES string of the molecule is CN(CCCNS(=O)(=O)c1c[nH]c(C(=O)N2CCCC2)c1)c1ccccc1. The van der Waals surface area contributed by atoms with Crippen molar-refractivity contribution in [3.8, 4) is 0 Å². The van der Waals surface area contributed by atoms with Crippen molar-refractivity contribution in [1.82, 2.24) is 14.6 Å². The number of para-hydroxylation sites is 1. The van der Waals surface area contributed by atoms with Gasteiger partial charge in [-0.3, -0.25) is 4.79 Å². The number of nitrogens with one attached hydrogen (secondary N) is 2. The normalized spacial score (nSPS) is 14.5. The maximum absolute atomic E-state index is 12.4. The number of benzene rings is 1. The van der Waals surface area contributed by atoms with Gasteiger partial charge >= 0.3 is 0 Å². The summed E-state index contributed by atoms with van der Waals surface area (Å²) < 4.78 is 27.5. The minimum atomic E-state index is -3.63. The molecule has 8 heteroatoms. The Morgan fingerprint density at radius 3 is 2.63 bits per heavy atom. The summed E-state index contributed by atoms with van der Waals surface area (Å²) >= 11 is 0. The summed E-state index contributed by atoms with van der Waals surface area (Å²) in [6.45, 7) is 2.53. The zero-order valence-electron chi connectivity index (χ0n) is 15.5. The highest BCUT2D eigenvalue weighted by atomic mass is 32.2. The van der Waals surface area contributed by atoms with Gasteiger partial charge in [0.05, 0.1) is 0 Å². The molecule has 0 bridgehead atoms. The summed E-state index contributed by atoms with van der Waals surface area (Å²) in [7, 11) is -1.65. The molecule has 2 N–H and O–H groups in total. The van der Waals surface area contributed by atoms with Gasteiger partial charge in [-0.15, -0.1) is 0 Å². The van der Waals surface area contributed by atoms with Crippen LogP contribution in [0.25, 0.3) is 0 Å². The first-order chi connectivity index (χ1) is 13.0. The molecule has 2 aromatic rings. The van der Waals surface area contributed by atoms with E-state index in [4.69, 9.17) is 0 Å². The number of amides is 1. The van der Waals surface area contributed by atoms with Gasteiger partial charge in [0.2, 0.25) is 10.0 Å². The molecule has 1 aliphatic heterocycles. The van der Waals surface area contributed by atoms with E-state index in [2.05, 4.69) is 14.6 Å². The highest BCUT2D eigenvalue weighted by Crippen LogP contribution is 2.16. The monoisotopic (exact) mass is 390 g/mol. The van der Waals surface area contributed by atoms with E-state index >= 15 is 0 Å². The van der Waals surface area contributed by atoms with Gasteiger partial charge in [0.25, 0.3) is 5.91 Å². The molecule has 146 valence electrons. The summed E-state index contributed by atoms with van der Waals surface area (Å²) in [5.41, 5.74) is 1.41. The number of H-pyrrole nitrogens is 1. The topological polar surface area (TPSA) is 85.5 Å². The van der Waals surface area contributed by atoms with Gasteiger partial charge in [-0.05, 0) is 37.5 Å². The minimum Gasteiger partial charge on any atom is -0.375 e. The van der Waals surface area contributed by atoms with Crippen molar-refractivity contribution < 1.29 is 13.2 Å². The van der Waals surface area contributed by atoms with Crippen LogP contribution in [0.15, 0.2) is 47.5 Å². The Labute approximate surface area is 160 Å². The number of aromatic amines is 1. The molecular weight excluding hydrogens is 364 g/mol. The van der Waals surface area contributed by atoms with E-state index in [9.17, 15) is 13.2 Å². The predicted molar refractivity (Wildman–Crippen MR) is 105 cm³/mol. The number of aromatic nitrogens is 1. The van der Waals surface area contributed by atoms with Crippen LogP contribution in [0.1, 0.15) is 29.8 Å². The lowest BCUT2D eigenvalue weighted by molar-refractivity contribution is 0.0787. The number of hydrogen-bond donors (Lipinski definition) is 2. The van der Waals surface area contributed by atoms with E-state index < -0.39 is 10.0 Å². The second kappa shape index (κ2) is 8.58. The summed E-state index contributed by atoms with van der Waals surface area (Å²) in [6.07, 6.45) is 4.05. The van der Waals surface area contributed by atoms with Crippen molar-refractivity contribution in [2.24, 2.45) is 0 Å². The quantitative estimate of drug-likeness (QED) is 0.676. The Balaban J connectivity index is 1.50. The maximum atomic E-state index is 12.4. The average Bonchev–Trinajstić information content (AvgIpc) is 3.37. The number of anilines is 1. The molecule has 1 saturated heterocycles. The van der Waals surface area contributed by atoms with Crippen LogP contribution in [0, 0.1) is 0 Å². The number of hydrogen-bond acceptors (Lipinski definition) is 4. The number of carbonyl (C=O) groups excluding carboxylic acids is 1. The van der Waals surface area contributed by atoms with Crippen molar-refractivity contribution >= 4 is 21.6 Å². The number of carbonyl (C=O) groups is 1. The molecule has 0 unspecified atom stereocenters. The van der Waals surface area contributed by atoms with Gasteiger partial charge in [0.15, 0.2) is 0 Å². The molecule has 1 fully saturated rings. The van der Waals surface area contributed by atoms with Gasteiger partial charge in [-0.1, -0.05) is 18.2 Å². The van der Waals surface area contributed by atoms with Gasteiger partial charge in [-0.25, -0.2) is 13.1 Å². The zero-order chi connectivity index (χ0) is 19.3. The fourth-order valence-electron chi connectivity index (χ4n) is 3.16. The molecular formula is C19H26N4O3S. The largest absolute Gasteiger partial charge is 0.375 e. The van der Waals surface area contributed by atoms with Crippen molar-refractivity contribution in [1.29, 1.82) is 0 Å². The van der Waals surface area contributed by atoms with Gasteiger partial charge in [0, 0.05) is 45.1 Å². The van der Waals surface area contributed by atoms with Crippen molar-refractivity contribution in [3.05, 3.63) is 48.3 Å². The number of rotatable bonds is 8. The molecule has 7 nitrogen and oxygen atoms in total. The summed E-state index contributed by atoms with van der Waals surface area (Å²) in [5, 5.41) is 0. The molecule has 1 aromatic carbocycles. The Morgan fingerprint density at radius 2 is 1.93 bits per heavy atom. The fraction of sp³-hybridized carbons (Fsp3) is 0.421. The second-order valence-corrected chi connectivity index (χ2v) is 8.52. The van der Waals surface area contributed by atoms with Crippen LogP contribution < -0.4 is 9.62 Å². The molecule has 3 rings (SSSR count). The third kappa shape index (κ3) is 4.90.